The van der Waals surface area contributed by atoms with Gasteiger partial charge in [0.1, 0.15) is 11.3 Å². The summed E-state index contributed by atoms with van der Waals surface area (Å²) in [4.78, 5) is 28.7. The molecule has 0 aliphatic carbocycles. The first kappa shape index (κ1) is 19.9. The molecule has 0 spiro atoms. The summed E-state index contributed by atoms with van der Waals surface area (Å²) in [6, 6.07) is 11.3. The van der Waals surface area contributed by atoms with Crippen molar-refractivity contribution in [1.82, 2.24) is 4.90 Å². The lowest BCUT2D eigenvalue weighted by atomic mass is 9.97. The number of ether oxygens (including phenoxy) is 1. The molecule has 5 rings (SSSR count). The summed E-state index contributed by atoms with van der Waals surface area (Å²) in [6.07, 6.45) is 1.53. The second-order valence-electron chi connectivity index (χ2n) is 7.98. The third-order valence-corrected chi connectivity index (χ3v) is 5.82. The Labute approximate surface area is 183 Å². The first-order chi connectivity index (χ1) is 15.4. The Bertz CT molecular complexity index is 1420. The van der Waals surface area contributed by atoms with Crippen molar-refractivity contribution in [2.45, 2.75) is 26.4 Å². The molecule has 1 amide bonds. The van der Waals surface area contributed by atoms with Crippen molar-refractivity contribution < 1.29 is 23.5 Å². The molecule has 7 nitrogen and oxygen atoms in total. The summed E-state index contributed by atoms with van der Waals surface area (Å²) in [5, 5.41) is 10.5. The predicted molar refractivity (Wildman–Crippen MR) is 117 cm³/mol. The highest BCUT2D eigenvalue weighted by Crippen LogP contribution is 2.41. The van der Waals surface area contributed by atoms with E-state index in [1.54, 1.807) is 35.2 Å². The highest BCUT2D eigenvalue weighted by Gasteiger charge is 2.43. The van der Waals surface area contributed by atoms with Crippen molar-refractivity contribution in [2.24, 2.45) is 0 Å². The van der Waals surface area contributed by atoms with Crippen LogP contribution in [0.2, 0.25) is 0 Å². The number of rotatable bonds is 4. The normalized spacial score (nSPS) is 15.4. The zero-order chi connectivity index (χ0) is 22.6. The van der Waals surface area contributed by atoms with Gasteiger partial charge in [-0.3, -0.25) is 9.59 Å². The van der Waals surface area contributed by atoms with Crippen LogP contribution < -0.4 is 10.2 Å². The monoisotopic (exact) mass is 431 g/mol. The zero-order valence-corrected chi connectivity index (χ0v) is 17.8. The van der Waals surface area contributed by atoms with Crippen molar-refractivity contribution in [3.63, 3.8) is 0 Å². The molecule has 0 radical (unpaired) electrons. The standard InChI is InChI=1S/C25H21NO6/c1-13-9-14(2)23-17(10-13)22(28)20-21(15-6-7-18(27)19(11-15)30-3)26(25(29)24(20)32-23)12-16-5-4-8-31-16/h4-11,21,27H,12H2,1-3H3/t21-/m1/s1. The van der Waals surface area contributed by atoms with E-state index in [4.69, 9.17) is 13.6 Å². The molecule has 0 unspecified atom stereocenters. The fourth-order valence-electron chi connectivity index (χ4n) is 4.42. The summed E-state index contributed by atoms with van der Waals surface area (Å²) in [6.45, 7) is 3.92. The summed E-state index contributed by atoms with van der Waals surface area (Å²) >= 11 is 0. The molecule has 4 aromatic rings. The Balaban J connectivity index is 1.78. The molecule has 0 bridgehead atoms. The van der Waals surface area contributed by atoms with Gasteiger partial charge >= 0.3 is 0 Å². The largest absolute Gasteiger partial charge is 0.504 e. The van der Waals surface area contributed by atoms with Gasteiger partial charge < -0.3 is 23.6 Å². The summed E-state index contributed by atoms with van der Waals surface area (Å²) in [7, 11) is 1.45. The molecule has 1 atom stereocenters. The average Bonchev–Trinajstić information content (AvgIpc) is 3.37. The number of phenolic OH excluding ortho intramolecular Hbond substituents is 1. The lowest BCUT2D eigenvalue weighted by Crippen LogP contribution is -2.29. The zero-order valence-electron chi connectivity index (χ0n) is 17.8. The summed E-state index contributed by atoms with van der Waals surface area (Å²) in [5.74, 6) is 0.421. The van der Waals surface area contributed by atoms with E-state index >= 15 is 0 Å². The molecule has 1 N–H and O–H groups in total. The third-order valence-electron chi connectivity index (χ3n) is 5.82. The lowest BCUT2D eigenvalue weighted by molar-refractivity contribution is 0.0701. The number of aryl methyl sites for hydroxylation is 2. The molecule has 32 heavy (non-hydrogen) atoms. The van der Waals surface area contributed by atoms with Crippen molar-refractivity contribution in [3.8, 4) is 11.5 Å². The molecule has 162 valence electrons. The van der Waals surface area contributed by atoms with Crippen LogP contribution in [0.15, 0.2) is 62.4 Å². The van der Waals surface area contributed by atoms with E-state index in [1.165, 1.54) is 19.4 Å². The van der Waals surface area contributed by atoms with Crippen molar-refractivity contribution in [2.75, 3.05) is 7.11 Å². The fraction of sp³-hybridized carbons (Fsp3) is 0.200. The van der Waals surface area contributed by atoms with Crippen LogP contribution in [0.3, 0.4) is 0 Å². The van der Waals surface area contributed by atoms with Crippen molar-refractivity contribution in [1.29, 1.82) is 0 Å². The molecule has 0 saturated carbocycles. The van der Waals surface area contributed by atoms with Crippen molar-refractivity contribution >= 4 is 16.9 Å². The molecule has 2 aromatic heterocycles. The maximum atomic E-state index is 13.7. The number of furan rings is 1. The number of aromatic hydroxyl groups is 1. The van der Waals surface area contributed by atoms with Gasteiger partial charge in [-0.2, -0.15) is 0 Å². The van der Waals surface area contributed by atoms with Crippen LogP contribution in [0.1, 0.15) is 44.6 Å². The van der Waals surface area contributed by atoms with Gasteiger partial charge in [-0.1, -0.05) is 12.1 Å². The van der Waals surface area contributed by atoms with Crippen molar-refractivity contribution in [3.05, 3.63) is 92.7 Å². The Morgan fingerprint density at radius 2 is 1.94 bits per heavy atom. The van der Waals surface area contributed by atoms with E-state index in [-0.39, 0.29) is 34.8 Å². The minimum atomic E-state index is -0.724. The van der Waals surface area contributed by atoms with Gasteiger partial charge in [0.2, 0.25) is 5.76 Å². The summed E-state index contributed by atoms with van der Waals surface area (Å²) in [5.41, 5.74) is 2.78. The molecule has 1 aliphatic heterocycles. The average molecular weight is 431 g/mol. The van der Waals surface area contributed by atoms with E-state index in [1.807, 2.05) is 19.9 Å². The van der Waals surface area contributed by atoms with Gasteiger partial charge in [0.05, 0.1) is 36.9 Å². The number of nitrogens with zero attached hydrogens (tertiary/aromatic N) is 1. The van der Waals surface area contributed by atoms with Crippen LogP contribution in [-0.4, -0.2) is 23.0 Å². The van der Waals surface area contributed by atoms with Gasteiger partial charge in [0.25, 0.3) is 5.91 Å². The number of fused-ring (bicyclic) bond motifs is 2. The topological polar surface area (TPSA) is 93.1 Å². The Hall–Kier alpha value is -4.00. The second-order valence-corrected chi connectivity index (χ2v) is 7.98. The van der Waals surface area contributed by atoms with Gasteiger partial charge in [-0.25, -0.2) is 0 Å². The molecular weight excluding hydrogens is 410 g/mol. The number of methoxy groups -OCH3 is 1. The number of hydrogen-bond acceptors (Lipinski definition) is 6. The molecule has 1 aliphatic rings. The quantitative estimate of drug-likeness (QED) is 0.513. The summed E-state index contributed by atoms with van der Waals surface area (Å²) < 4.78 is 16.8. The maximum Gasteiger partial charge on any atom is 0.291 e. The SMILES string of the molecule is COc1cc([C@@H]2c3c(oc4c(C)cc(C)cc4c3=O)C(=O)N2Cc2ccco2)ccc1O. The molecule has 0 fully saturated rings. The minimum absolute atomic E-state index is 0.0260. The third kappa shape index (κ3) is 2.97. The number of benzene rings is 2. The van der Waals surface area contributed by atoms with Gasteiger partial charge in [0, 0.05) is 0 Å². The Kier molecular flexibility index (Phi) is 4.55. The first-order valence-electron chi connectivity index (χ1n) is 10.2. The van der Waals surface area contributed by atoms with E-state index in [0.717, 1.165) is 11.1 Å². The fourth-order valence-corrected chi connectivity index (χ4v) is 4.42. The number of carbonyl (C=O) groups is 1. The van der Waals surface area contributed by atoms with Gasteiger partial charge in [-0.15, -0.1) is 0 Å². The number of carbonyl (C=O) groups excluding carboxylic acids is 1. The lowest BCUT2D eigenvalue weighted by Gasteiger charge is -2.24. The number of phenols is 1. The predicted octanol–water partition coefficient (Wildman–Crippen LogP) is 4.46. The van der Waals surface area contributed by atoms with Crippen LogP contribution in [0, 0.1) is 13.8 Å². The first-order valence-corrected chi connectivity index (χ1v) is 10.2. The van der Waals surface area contributed by atoms with Crippen LogP contribution in [0.4, 0.5) is 0 Å². The van der Waals surface area contributed by atoms with E-state index in [9.17, 15) is 14.7 Å². The second kappa shape index (κ2) is 7.30. The Morgan fingerprint density at radius 3 is 2.66 bits per heavy atom. The highest BCUT2D eigenvalue weighted by molar-refractivity contribution is 5.99. The molecule has 3 heterocycles. The Morgan fingerprint density at radius 1 is 1.12 bits per heavy atom. The van der Waals surface area contributed by atoms with Gasteiger partial charge in [0.15, 0.2) is 16.9 Å². The highest BCUT2D eigenvalue weighted by atomic mass is 16.5. The maximum absolute atomic E-state index is 13.7. The molecule has 7 heteroatoms. The van der Waals surface area contributed by atoms with E-state index in [0.29, 0.717) is 22.3 Å². The molecule has 0 saturated heterocycles. The van der Waals surface area contributed by atoms with E-state index in [2.05, 4.69) is 0 Å². The van der Waals surface area contributed by atoms with Crippen LogP contribution in [0.25, 0.3) is 11.0 Å². The van der Waals surface area contributed by atoms with Crippen LogP contribution in [0.5, 0.6) is 11.5 Å². The number of amides is 1. The van der Waals surface area contributed by atoms with Crippen LogP contribution in [-0.2, 0) is 6.54 Å². The smallest absolute Gasteiger partial charge is 0.291 e. The molecular formula is C25H21NO6. The van der Waals surface area contributed by atoms with Gasteiger partial charge in [-0.05, 0) is 60.9 Å². The van der Waals surface area contributed by atoms with E-state index < -0.39 is 11.9 Å². The van der Waals surface area contributed by atoms with Crippen LogP contribution >= 0.6 is 0 Å². The molecule has 2 aromatic carbocycles. The minimum Gasteiger partial charge on any atom is -0.504 e. The number of hydrogen-bond donors (Lipinski definition) is 1.